The van der Waals surface area contributed by atoms with Crippen LogP contribution in [0, 0.1) is 5.82 Å². The first kappa shape index (κ1) is 12.5. The molecule has 3 nitrogen and oxygen atoms in total. The van der Waals surface area contributed by atoms with Gasteiger partial charge < -0.3 is 4.74 Å². The predicted molar refractivity (Wildman–Crippen MR) is 67.4 cm³/mol. The molecule has 5 heteroatoms. The molecule has 0 aliphatic carbocycles. The van der Waals surface area contributed by atoms with Crippen LogP contribution in [0.1, 0.15) is 24.4 Å². The fraction of sp³-hybridized carbons (Fsp3) is 0.333. The average molecular weight is 301 g/mol. The molecule has 0 fully saturated rings. The number of halogens is 2. The molecule has 1 aliphatic heterocycles. The van der Waals surface area contributed by atoms with Crippen LogP contribution in [0.3, 0.4) is 0 Å². The summed E-state index contributed by atoms with van der Waals surface area (Å²) in [7, 11) is 0. The number of benzene rings is 1. The smallest absolute Gasteiger partial charge is 0.137 e. The first-order chi connectivity index (χ1) is 8.22. The summed E-state index contributed by atoms with van der Waals surface area (Å²) >= 11 is 3.17. The molecule has 0 spiro atoms. The summed E-state index contributed by atoms with van der Waals surface area (Å²) in [5, 5.41) is 0. The Kier molecular flexibility index (Phi) is 4.15. The number of hydrazine groups is 1. The second kappa shape index (κ2) is 5.62. The van der Waals surface area contributed by atoms with Gasteiger partial charge in [-0.25, -0.2) is 9.82 Å². The number of hydrogen-bond donors (Lipinski definition) is 2. The summed E-state index contributed by atoms with van der Waals surface area (Å²) in [6.45, 7) is 0.744. The van der Waals surface area contributed by atoms with Crippen LogP contribution in [0.15, 0.2) is 34.5 Å². The molecule has 1 unspecified atom stereocenters. The van der Waals surface area contributed by atoms with E-state index in [0.717, 1.165) is 30.6 Å². The van der Waals surface area contributed by atoms with E-state index in [0.29, 0.717) is 4.47 Å². The van der Waals surface area contributed by atoms with Crippen molar-refractivity contribution in [1.82, 2.24) is 5.43 Å². The SMILES string of the molecule is NNC(C1=COCCC1)c1ccc(F)c(Br)c1. The monoisotopic (exact) mass is 300 g/mol. The first-order valence-corrected chi connectivity index (χ1v) is 6.23. The second-order valence-electron chi connectivity index (χ2n) is 3.94. The van der Waals surface area contributed by atoms with Crippen LogP contribution in [0.2, 0.25) is 0 Å². The summed E-state index contributed by atoms with van der Waals surface area (Å²) in [6.07, 6.45) is 3.65. The molecule has 0 amide bonds. The van der Waals surface area contributed by atoms with Crippen molar-refractivity contribution in [2.75, 3.05) is 6.61 Å². The van der Waals surface area contributed by atoms with Crippen LogP contribution in [0.5, 0.6) is 0 Å². The molecule has 17 heavy (non-hydrogen) atoms. The molecule has 0 bridgehead atoms. The van der Waals surface area contributed by atoms with Gasteiger partial charge in [-0.05, 0) is 52.0 Å². The van der Waals surface area contributed by atoms with Crippen molar-refractivity contribution >= 4 is 15.9 Å². The predicted octanol–water partition coefficient (Wildman–Crippen LogP) is 2.79. The first-order valence-electron chi connectivity index (χ1n) is 5.44. The molecule has 1 aliphatic rings. The van der Waals surface area contributed by atoms with E-state index < -0.39 is 0 Å². The molecule has 1 aromatic rings. The van der Waals surface area contributed by atoms with Gasteiger partial charge in [0.25, 0.3) is 0 Å². The van der Waals surface area contributed by atoms with Crippen molar-refractivity contribution < 1.29 is 9.13 Å². The van der Waals surface area contributed by atoms with Crippen molar-refractivity contribution in [2.24, 2.45) is 5.84 Å². The number of rotatable bonds is 3. The van der Waals surface area contributed by atoms with E-state index >= 15 is 0 Å². The Labute approximate surface area is 108 Å². The van der Waals surface area contributed by atoms with E-state index in [1.165, 1.54) is 6.07 Å². The van der Waals surface area contributed by atoms with E-state index in [-0.39, 0.29) is 11.9 Å². The van der Waals surface area contributed by atoms with Crippen LogP contribution in [-0.4, -0.2) is 6.61 Å². The Hall–Kier alpha value is -0.910. The fourth-order valence-corrected chi connectivity index (χ4v) is 2.30. The summed E-state index contributed by atoms with van der Waals surface area (Å²) in [5.41, 5.74) is 4.74. The molecule has 0 radical (unpaired) electrons. The highest BCUT2D eigenvalue weighted by Crippen LogP contribution is 2.29. The molecule has 0 aromatic heterocycles. The number of ether oxygens (including phenoxy) is 1. The Morgan fingerprint density at radius 3 is 2.88 bits per heavy atom. The summed E-state index contributed by atoms with van der Waals surface area (Å²) in [6, 6.07) is 4.75. The topological polar surface area (TPSA) is 47.3 Å². The molecule has 92 valence electrons. The fourth-order valence-electron chi connectivity index (χ4n) is 1.91. The highest BCUT2D eigenvalue weighted by Gasteiger charge is 2.18. The van der Waals surface area contributed by atoms with Crippen LogP contribution in [0.4, 0.5) is 4.39 Å². The lowest BCUT2D eigenvalue weighted by molar-refractivity contribution is 0.219. The lowest BCUT2D eigenvalue weighted by Gasteiger charge is -2.23. The number of hydrogen-bond acceptors (Lipinski definition) is 3. The van der Waals surface area contributed by atoms with Crippen LogP contribution < -0.4 is 11.3 Å². The highest BCUT2D eigenvalue weighted by molar-refractivity contribution is 9.10. The van der Waals surface area contributed by atoms with Gasteiger partial charge in [-0.15, -0.1) is 0 Å². The molecule has 3 N–H and O–H groups in total. The van der Waals surface area contributed by atoms with Gasteiger partial charge in [0.15, 0.2) is 0 Å². The number of nitrogens with two attached hydrogens (primary N) is 1. The van der Waals surface area contributed by atoms with Gasteiger partial charge in [0, 0.05) is 0 Å². The molecule has 2 rings (SSSR count). The van der Waals surface area contributed by atoms with Crippen molar-refractivity contribution in [2.45, 2.75) is 18.9 Å². The Balaban J connectivity index is 2.28. The van der Waals surface area contributed by atoms with Gasteiger partial charge >= 0.3 is 0 Å². The molecule has 1 heterocycles. The maximum Gasteiger partial charge on any atom is 0.137 e. The zero-order valence-electron chi connectivity index (χ0n) is 9.25. The van der Waals surface area contributed by atoms with Gasteiger partial charge in [0.2, 0.25) is 0 Å². The normalized spacial score (nSPS) is 17.2. The molecular weight excluding hydrogens is 287 g/mol. The van der Waals surface area contributed by atoms with Crippen LogP contribution in [-0.2, 0) is 4.74 Å². The summed E-state index contributed by atoms with van der Waals surface area (Å²) in [5.74, 6) is 5.29. The lowest BCUT2D eigenvalue weighted by Crippen LogP contribution is -2.30. The van der Waals surface area contributed by atoms with E-state index in [2.05, 4.69) is 21.4 Å². The second-order valence-corrected chi connectivity index (χ2v) is 4.79. The zero-order chi connectivity index (χ0) is 12.3. The van der Waals surface area contributed by atoms with Crippen molar-refractivity contribution in [3.63, 3.8) is 0 Å². The van der Waals surface area contributed by atoms with Gasteiger partial charge in [-0.1, -0.05) is 6.07 Å². The third kappa shape index (κ3) is 2.86. The lowest BCUT2D eigenvalue weighted by atomic mass is 9.96. The van der Waals surface area contributed by atoms with Gasteiger partial charge in [-0.2, -0.15) is 0 Å². The minimum Gasteiger partial charge on any atom is -0.501 e. The largest absolute Gasteiger partial charge is 0.501 e. The zero-order valence-corrected chi connectivity index (χ0v) is 10.8. The van der Waals surface area contributed by atoms with Crippen LogP contribution >= 0.6 is 15.9 Å². The standard InChI is InChI=1S/C12H14BrFN2O/c13-10-6-8(3-4-11(10)14)12(16-15)9-2-1-5-17-7-9/h3-4,6-7,12,16H,1-2,5,15H2. The molecule has 1 aromatic carbocycles. The molecule has 0 saturated heterocycles. The maximum absolute atomic E-state index is 13.2. The van der Waals surface area contributed by atoms with Crippen molar-refractivity contribution in [3.05, 3.63) is 45.9 Å². The minimum absolute atomic E-state index is 0.132. The Morgan fingerprint density at radius 1 is 1.47 bits per heavy atom. The quantitative estimate of drug-likeness (QED) is 0.666. The van der Waals surface area contributed by atoms with Gasteiger partial charge in [0.05, 0.1) is 23.4 Å². The van der Waals surface area contributed by atoms with E-state index in [9.17, 15) is 4.39 Å². The Bertz CT molecular complexity index is 437. The third-order valence-electron chi connectivity index (χ3n) is 2.78. The molecule has 0 saturated carbocycles. The van der Waals surface area contributed by atoms with Gasteiger partial charge in [-0.3, -0.25) is 5.84 Å². The summed E-state index contributed by atoms with van der Waals surface area (Å²) in [4.78, 5) is 0. The van der Waals surface area contributed by atoms with Gasteiger partial charge in [0.1, 0.15) is 5.82 Å². The summed E-state index contributed by atoms with van der Waals surface area (Å²) < 4.78 is 18.9. The molecule has 1 atom stereocenters. The maximum atomic E-state index is 13.2. The van der Waals surface area contributed by atoms with E-state index in [1.54, 1.807) is 18.4 Å². The Morgan fingerprint density at radius 2 is 2.29 bits per heavy atom. The van der Waals surface area contributed by atoms with E-state index in [4.69, 9.17) is 10.6 Å². The third-order valence-corrected chi connectivity index (χ3v) is 3.38. The number of nitrogens with one attached hydrogen (secondary N) is 1. The van der Waals surface area contributed by atoms with Crippen LogP contribution in [0.25, 0.3) is 0 Å². The molecular formula is C12H14BrFN2O. The van der Waals surface area contributed by atoms with E-state index in [1.807, 2.05) is 0 Å². The van der Waals surface area contributed by atoms with Crippen molar-refractivity contribution in [1.29, 1.82) is 0 Å². The van der Waals surface area contributed by atoms with Crippen molar-refractivity contribution in [3.8, 4) is 0 Å². The average Bonchev–Trinajstić information content (AvgIpc) is 2.36. The highest BCUT2D eigenvalue weighted by atomic mass is 79.9. The minimum atomic E-state index is -0.279.